The number of hydrogen-bond donors (Lipinski definition) is 2. The third kappa shape index (κ3) is 3.52. The lowest BCUT2D eigenvalue weighted by Gasteiger charge is -2.15. The molecule has 0 aliphatic heterocycles. The van der Waals surface area contributed by atoms with Crippen molar-refractivity contribution in [3.8, 4) is 0 Å². The highest BCUT2D eigenvalue weighted by molar-refractivity contribution is 5.79. The van der Waals surface area contributed by atoms with Gasteiger partial charge in [-0.25, -0.2) is 4.68 Å². The smallest absolute Gasteiger partial charge is 0.244 e. The van der Waals surface area contributed by atoms with Gasteiger partial charge >= 0.3 is 0 Å². The van der Waals surface area contributed by atoms with E-state index < -0.39 is 11.6 Å². The summed E-state index contributed by atoms with van der Waals surface area (Å²) in [6, 6.07) is -0.358. The molecule has 6 heteroatoms. The maximum absolute atomic E-state index is 11.8. The van der Waals surface area contributed by atoms with Gasteiger partial charge in [0.05, 0.1) is 6.20 Å². The van der Waals surface area contributed by atoms with Crippen LogP contribution in [-0.4, -0.2) is 32.0 Å². The summed E-state index contributed by atoms with van der Waals surface area (Å²) < 4.78 is 1.45. The molecule has 1 rings (SSSR count). The largest absolute Gasteiger partial charge is 0.384 e. The maximum atomic E-state index is 11.8. The van der Waals surface area contributed by atoms with E-state index >= 15 is 0 Å². The van der Waals surface area contributed by atoms with Crippen LogP contribution in [0.15, 0.2) is 6.20 Å². The quantitative estimate of drug-likeness (QED) is 0.807. The first-order valence-electron chi connectivity index (χ1n) is 5.67. The molecule has 96 valence electrons. The minimum Gasteiger partial charge on any atom is -0.384 e. The van der Waals surface area contributed by atoms with Crippen molar-refractivity contribution in [3.05, 3.63) is 11.9 Å². The van der Waals surface area contributed by atoms with Gasteiger partial charge in [0.15, 0.2) is 0 Å². The van der Waals surface area contributed by atoms with E-state index in [1.54, 1.807) is 27.0 Å². The molecule has 0 aromatic carbocycles. The third-order valence-corrected chi connectivity index (χ3v) is 2.34. The number of hydrogen-bond acceptors (Lipinski definition) is 4. The molecule has 1 unspecified atom stereocenters. The van der Waals surface area contributed by atoms with Gasteiger partial charge in [0.25, 0.3) is 0 Å². The molecule has 1 aromatic rings. The monoisotopic (exact) mass is 240 g/mol. The number of aromatic nitrogens is 3. The third-order valence-electron chi connectivity index (χ3n) is 2.34. The zero-order chi connectivity index (χ0) is 13.2. The van der Waals surface area contributed by atoms with E-state index in [0.29, 0.717) is 5.69 Å². The van der Waals surface area contributed by atoms with Crippen molar-refractivity contribution in [3.63, 3.8) is 0 Å². The van der Waals surface area contributed by atoms with E-state index in [1.807, 2.05) is 13.8 Å². The average Bonchev–Trinajstić information content (AvgIpc) is 2.63. The van der Waals surface area contributed by atoms with Crippen LogP contribution < -0.4 is 5.32 Å². The standard InChI is InChI=1S/C11H20N4O2/c1-7(2)12-10(16)8(3)15-6-9(13-14-15)11(4,5)17/h6-8,17H,1-5H3,(H,12,16). The zero-order valence-corrected chi connectivity index (χ0v) is 10.9. The predicted octanol–water partition coefficient (Wildman–Crippen LogP) is 0.591. The summed E-state index contributed by atoms with van der Waals surface area (Å²) in [6.07, 6.45) is 1.59. The van der Waals surface area contributed by atoms with Crippen LogP contribution in [0.5, 0.6) is 0 Å². The van der Waals surface area contributed by atoms with E-state index in [9.17, 15) is 9.90 Å². The van der Waals surface area contributed by atoms with E-state index in [2.05, 4.69) is 15.6 Å². The molecule has 1 atom stereocenters. The molecule has 0 aliphatic carbocycles. The fraction of sp³-hybridized carbons (Fsp3) is 0.727. The summed E-state index contributed by atoms with van der Waals surface area (Å²) in [6.45, 7) is 8.78. The minimum atomic E-state index is -1.05. The Labute approximate surface area is 101 Å². The second-order valence-electron chi connectivity index (χ2n) is 4.98. The van der Waals surface area contributed by atoms with Gasteiger partial charge in [0.1, 0.15) is 17.3 Å². The van der Waals surface area contributed by atoms with Gasteiger partial charge < -0.3 is 10.4 Å². The fourth-order valence-corrected chi connectivity index (χ4v) is 1.27. The highest BCUT2D eigenvalue weighted by atomic mass is 16.3. The Hall–Kier alpha value is -1.43. The van der Waals surface area contributed by atoms with Crippen molar-refractivity contribution in [1.82, 2.24) is 20.3 Å². The fourth-order valence-electron chi connectivity index (χ4n) is 1.27. The lowest BCUT2D eigenvalue weighted by molar-refractivity contribution is -0.124. The van der Waals surface area contributed by atoms with Crippen LogP contribution in [0.3, 0.4) is 0 Å². The predicted molar refractivity (Wildman–Crippen MR) is 63.3 cm³/mol. The van der Waals surface area contributed by atoms with Crippen LogP contribution in [0.2, 0.25) is 0 Å². The van der Waals surface area contributed by atoms with Crippen LogP contribution in [0, 0.1) is 0 Å². The summed E-state index contributed by atoms with van der Waals surface area (Å²) in [5.74, 6) is -0.118. The molecule has 6 nitrogen and oxygen atoms in total. The van der Waals surface area contributed by atoms with Crippen molar-refractivity contribution in [2.45, 2.75) is 52.3 Å². The van der Waals surface area contributed by atoms with Crippen molar-refractivity contribution in [2.24, 2.45) is 0 Å². The first-order chi connectivity index (χ1) is 7.71. The second-order valence-corrected chi connectivity index (χ2v) is 4.98. The molecule has 0 aliphatic rings. The van der Waals surface area contributed by atoms with E-state index in [0.717, 1.165) is 0 Å². The van der Waals surface area contributed by atoms with Gasteiger partial charge in [-0.15, -0.1) is 5.10 Å². The Balaban J connectivity index is 2.80. The highest BCUT2D eigenvalue weighted by Crippen LogP contribution is 2.17. The molecule has 0 fully saturated rings. The molecule has 1 amide bonds. The Morgan fingerprint density at radius 2 is 2.06 bits per heavy atom. The first kappa shape index (κ1) is 13.6. The van der Waals surface area contributed by atoms with Crippen LogP contribution >= 0.6 is 0 Å². The van der Waals surface area contributed by atoms with Gasteiger partial charge in [0, 0.05) is 6.04 Å². The van der Waals surface area contributed by atoms with Gasteiger partial charge in [0.2, 0.25) is 5.91 Å². The molecule has 2 N–H and O–H groups in total. The molecular weight excluding hydrogens is 220 g/mol. The molecule has 17 heavy (non-hydrogen) atoms. The molecule has 0 saturated carbocycles. The highest BCUT2D eigenvalue weighted by Gasteiger charge is 2.23. The minimum absolute atomic E-state index is 0.0854. The number of rotatable bonds is 4. The van der Waals surface area contributed by atoms with Crippen molar-refractivity contribution >= 4 is 5.91 Å². The summed E-state index contributed by atoms with van der Waals surface area (Å²) in [4.78, 5) is 11.8. The molecule has 1 heterocycles. The summed E-state index contributed by atoms with van der Waals surface area (Å²) in [7, 11) is 0. The first-order valence-corrected chi connectivity index (χ1v) is 5.67. The SMILES string of the molecule is CC(C)NC(=O)C(C)n1cc(C(C)(C)O)nn1. The van der Waals surface area contributed by atoms with Gasteiger partial charge in [-0.1, -0.05) is 5.21 Å². The van der Waals surface area contributed by atoms with Crippen LogP contribution in [0.4, 0.5) is 0 Å². The zero-order valence-electron chi connectivity index (χ0n) is 10.9. The van der Waals surface area contributed by atoms with Crippen LogP contribution in [0.1, 0.15) is 46.4 Å². The topological polar surface area (TPSA) is 80.0 Å². The molecule has 0 bridgehead atoms. The van der Waals surface area contributed by atoms with E-state index in [-0.39, 0.29) is 11.9 Å². The molecule has 0 spiro atoms. The number of carbonyl (C=O) groups is 1. The number of carbonyl (C=O) groups excluding carboxylic acids is 1. The molecular formula is C11H20N4O2. The molecule has 0 saturated heterocycles. The van der Waals surface area contributed by atoms with Crippen LogP contribution in [-0.2, 0) is 10.4 Å². The Kier molecular flexibility index (Phi) is 3.87. The lowest BCUT2D eigenvalue weighted by Crippen LogP contribution is -2.35. The van der Waals surface area contributed by atoms with Crippen LogP contribution in [0.25, 0.3) is 0 Å². The van der Waals surface area contributed by atoms with Crippen molar-refractivity contribution in [2.75, 3.05) is 0 Å². The Bertz CT molecular complexity index is 392. The van der Waals surface area contributed by atoms with Crippen molar-refractivity contribution < 1.29 is 9.90 Å². The average molecular weight is 240 g/mol. The Morgan fingerprint density at radius 3 is 2.47 bits per heavy atom. The molecule has 0 radical (unpaired) electrons. The van der Waals surface area contributed by atoms with Crippen molar-refractivity contribution in [1.29, 1.82) is 0 Å². The van der Waals surface area contributed by atoms with Gasteiger partial charge in [-0.05, 0) is 34.6 Å². The maximum Gasteiger partial charge on any atom is 0.244 e. The Morgan fingerprint density at radius 1 is 1.47 bits per heavy atom. The number of nitrogens with zero attached hydrogens (tertiary/aromatic N) is 3. The summed E-state index contributed by atoms with van der Waals surface area (Å²) in [5.41, 5.74) is -0.603. The number of nitrogens with one attached hydrogen (secondary N) is 1. The molecule has 1 aromatic heterocycles. The lowest BCUT2D eigenvalue weighted by atomic mass is 10.1. The second kappa shape index (κ2) is 4.83. The summed E-state index contributed by atoms with van der Waals surface area (Å²) >= 11 is 0. The van der Waals surface area contributed by atoms with E-state index in [1.165, 1.54) is 4.68 Å². The number of amides is 1. The van der Waals surface area contributed by atoms with Gasteiger partial charge in [-0.2, -0.15) is 0 Å². The van der Waals surface area contributed by atoms with E-state index in [4.69, 9.17) is 0 Å². The van der Waals surface area contributed by atoms with Gasteiger partial charge in [-0.3, -0.25) is 4.79 Å². The normalized spacial score (nSPS) is 13.8. The number of aliphatic hydroxyl groups is 1. The summed E-state index contributed by atoms with van der Waals surface area (Å²) in [5, 5.41) is 20.3.